The van der Waals surface area contributed by atoms with Gasteiger partial charge in [0.15, 0.2) is 0 Å². The van der Waals surface area contributed by atoms with Gasteiger partial charge in [-0.3, -0.25) is 14.4 Å². The molecule has 2 bridgehead atoms. The molecule has 1 fully saturated rings. The van der Waals surface area contributed by atoms with Crippen molar-refractivity contribution < 1.29 is 14.4 Å². The zero-order chi connectivity index (χ0) is 25.3. The lowest BCUT2D eigenvalue weighted by Gasteiger charge is -2.51. The summed E-state index contributed by atoms with van der Waals surface area (Å²) < 4.78 is -0.781. The van der Waals surface area contributed by atoms with Gasteiger partial charge in [0.1, 0.15) is 0 Å². The maximum atomic E-state index is 14.0. The maximum Gasteiger partial charge on any atom is 0.255 e. The Morgan fingerprint density at radius 3 is 1.92 bits per heavy atom. The second-order valence-corrected chi connectivity index (χ2v) is 11.0. The van der Waals surface area contributed by atoms with E-state index < -0.39 is 16.2 Å². The first kappa shape index (κ1) is 22.2. The first-order chi connectivity index (χ1) is 18.0. The summed E-state index contributed by atoms with van der Waals surface area (Å²) in [6.45, 7) is 0. The van der Waals surface area contributed by atoms with E-state index in [-0.39, 0.29) is 23.6 Å². The molecule has 0 saturated carbocycles. The van der Waals surface area contributed by atoms with Crippen LogP contribution in [0.25, 0.3) is 0 Å². The van der Waals surface area contributed by atoms with Crippen molar-refractivity contribution in [1.29, 1.82) is 0 Å². The molecular formula is C31H21BrN2O3. The first-order valence-electron chi connectivity index (χ1n) is 12.2. The number of hydrogen-bond donors (Lipinski definition) is 1. The third-order valence-corrected chi connectivity index (χ3v) is 9.28. The van der Waals surface area contributed by atoms with Crippen LogP contribution in [0.5, 0.6) is 0 Å². The van der Waals surface area contributed by atoms with Crippen LogP contribution in [0, 0.1) is 11.8 Å². The molecule has 1 heterocycles. The van der Waals surface area contributed by atoms with Crippen LogP contribution in [0.1, 0.15) is 38.5 Å². The fourth-order valence-electron chi connectivity index (χ4n) is 6.42. The molecule has 180 valence electrons. The highest BCUT2D eigenvalue weighted by Crippen LogP contribution is 2.66. The van der Waals surface area contributed by atoms with Gasteiger partial charge in [-0.25, -0.2) is 4.90 Å². The molecule has 4 aliphatic rings. The van der Waals surface area contributed by atoms with E-state index in [1.54, 1.807) is 24.3 Å². The maximum absolute atomic E-state index is 14.0. The minimum absolute atomic E-state index is 0.186. The van der Waals surface area contributed by atoms with Crippen molar-refractivity contribution >= 4 is 45.0 Å². The van der Waals surface area contributed by atoms with Crippen molar-refractivity contribution in [3.05, 3.63) is 131 Å². The molecule has 1 saturated heterocycles. The second kappa shape index (κ2) is 7.98. The summed E-state index contributed by atoms with van der Waals surface area (Å²) in [6.07, 6.45) is 0. The number of imide groups is 1. The number of nitrogens with one attached hydrogen (secondary N) is 1. The quantitative estimate of drug-likeness (QED) is 0.258. The van der Waals surface area contributed by atoms with Gasteiger partial charge in [-0.1, -0.05) is 82.7 Å². The van der Waals surface area contributed by atoms with Gasteiger partial charge < -0.3 is 5.32 Å². The van der Waals surface area contributed by atoms with E-state index in [0.29, 0.717) is 16.9 Å². The Bertz CT molecular complexity index is 1550. The van der Waals surface area contributed by atoms with Crippen molar-refractivity contribution in [3.63, 3.8) is 0 Å². The number of para-hydroxylation sites is 1. The molecule has 0 spiro atoms. The summed E-state index contributed by atoms with van der Waals surface area (Å²) in [7, 11) is 0. The molecule has 4 aromatic carbocycles. The van der Waals surface area contributed by atoms with Crippen molar-refractivity contribution in [3.8, 4) is 0 Å². The smallest absolute Gasteiger partial charge is 0.255 e. The van der Waals surface area contributed by atoms with Gasteiger partial charge in [-0.15, -0.1) is 0 Å². The van der Waals surface area contributed by atoms with Crippen LogP contribution in [0.3, 0.4) is 0 Å². The van der Waals surface area contributed by atoms with Crippen molar-refractivity contribution in [2.75, 3.05) is 10.2 Å². The Labute approximate surface area is 222 Å². The average Bonchev–Trinajstić information content (AvgIpc) is 3.20. The van der Waals surface area contributed by atoms with Crippen LogP contribution >= 0.6 is 15.9 Å². The molecule has 1 aliphatic heterocycles. The second-order valence-electron chi connectivity index (χ2n) is 9.75. The third kappa shape index (κ3) is 2.99. The number of benzene rings is 4. The van der Waals surface area contributed by atoms with E-state index in [4.69, 9.17) is 0 Å². The topological polar surface area (TPSA) is 66.5 Å². The molecule has 0 aromatic heterocycles. The summed E-state index contributed by atoms with van der Waals surface area (Å²) in [6, 6.07) is 32.1. The fraction of sp³-hybridized carbons (Fsp3) is 0.129. The predicted molar refractivity (Wildman–Crippen MR) is 145 cm³/mol. The molecule has 2 atom stereocenters. The Kier molecular flexibility index (Phi) is 4.79. The van der Waals surface area contributed by atoms with Gasteiger partial charge >= 0.3 is 0 Å². The third-order valence-electron chi connectivity index (χ3n) is 7.93. The van der Waals surface area contributed by atoms with E-state index >= 15 is 0 Å². The molecule has 0 unspecified atom stereocenters. The summed E-state index contributed by atoms with van der Waals surface area (Å²) in [4.78, 5) is 42.0. The molecule has 3 amide bonds. The number of nitrogens with zero attached hydrogens (tertiary/aromatic N) is 1. The molecular weight excluding hydrogens is 528 g/mol. The van der Waals surface area contributed by atoms with Crippen LogP contribution < -0.4 is 10.2 Å². The van der Waals surface area contributed by atoms with E-state index in [9.17, 15) is 14.4 Å². The van der Waals surface area contributed by atoms with Gasteiger partial charge in [0.2, 0.25) is 11.8 Å². The standard InChI is InChI=1S/C31H21BrN2O3/c32-31-23-12-6-4-10-21(23)25(22-11-5-7-13-24(22)31)26-27(31)30(37)34(29(26)36)20-16-14-18(15-17-20)28(35)33-19-8-2-1-3-9-19/h1-17,25-27H,(H,33,35)/t25?,26-,27+,31?/m0/s1. The molecule has 6 heteroatoms. The number of carbonyl (C=O) groups is 3. The van der Waals surface area contributed by atoms with Gasteiger partial charge in [0.05, 0.1) is 21.8 Å². The van der Waals surface area contributed by atoms with E-state index in [2.05, 4.69) is 45.5 Å². The SMILES string of the molecule is O=C(Nc1ccccc1)c1ccc(N2C(=O)[C@H]3C4c5ccccc5C(Br)(c5ccccc54)[C@H]3C2=O)cc1. The number of rotatable bonds is 3. The first-order valence-corrected chi connectivity index (χ1v) is 13.0. The summed E-state index contributed by atoms with van der Waals surface area (Å²) in [5.41, 5.74) is 5.91. The number of alkyl halides is 1. The van der Waals surface area contributed by atoms with Crippen LogP contribution in [-0.2, 0) is 13.9 Å². The fourth-order valence-corrected chi connectivity index (χ4v) is 7.62. The lowest BCUT2D eigenvalue weighted by Crippen LogP contribution is -2.50. The Morgan fingerprint density at radius 2 is 1.30 bits per heavy atom. The highest BCUT2D eigenvalue weighted by atomic mass is 79.9. The lowest BCUT2D eigenvalue weighted by atomic mass is 9.55. The van der Waals surface area contributed by atoms with Crippen LogP contribution in [0.15, 0.2) is 103 Å². The van der Waals surface area contributed by atoms with Gasteiger partial charge in [-0.2, -0.15) is 0 Å². The normalized spacial score (nSPS) is 24.9. The molecule has 5 nitrogen and oxygen atoms in total. The van der Waals surface area contributed by atoms with E-state index in [1.807, 2.05) is 54.6 Å². The number of hydrogen-bond acceptors (Lipinski definition) is 3. The van der Waals surface area contributed by atoms with Crippen LogP contribution in [0.2, 0.25) is 0 Å². The Hall–Kier alpha value is -4.03. The minimum Gasteiger partial charge on any atom is -0.322 e. The Morgan fingerprint density at radius 1 is 0.730 bits per heavy atom. The number of amides is 3. The highest BCUT2D eigenvalue weighted by molar-refractivity contribution is 9.09. The monoisotopic (exact) mass is 548 g/mol. The number of anilines is 2. The molecule has 3 aliphatic carbocycles. The number of carbonyl (C=O) groups excluding carboxylic acids is 3. The highest BCUT2D eigenvalue weighted by Gasteiger charge is 2.67. The van der Waals surface area contributed by atoms with Crippen molar-refractivity contribution in [2.45, 2.75) is 10.2 Å². The average molecular weight is 549 g/mol. The molecule has 0 radical (unpaired) electrons. The van der Waals surface area contributed by atoms with E-state index in [0.717, 1.165) is 22.3 Å². The largest absolute Gasteiger partial charge is 0.322 e. The minimum atomic E-state index is -0.781. The zero-order valence-electron chi connectivity index (χ0n) is 19.6. The number of halogens is 1. The molecule has 1 N–H and O–H groups in total. The van der Waals surface area contributed by atoms with E-state index in [1.165, 1.54) is 4.90 Å². The Balaban J connectivity index is 1.26. The lowest BCUT2D eigenvalue weighted by molar-refractivity contribution is -0.122. The van der Waals surface area contributed by atoms with Crippen LogP contribution in [-0.4, -0.2) is 17.7 Å². The van der Waals surface area contributed by atoms with Gasteiger partial charge in [0.25, 0.3) is 5.91 Å². The molecule has 4 aromatic rings. The summed E-state index contributed by atoms with van der Waals surface area (Å²) in [5.74, 6) is -1.92. The van der Waals surface area contributed by atoms with Crippen molar-refractivity contribution in [2.24, 2.45) is 11.8 Å². The van der Waals surface area contributed by atoms with Crippen LogP contribution in [0.4, 0.5) is 11.4 Å². The van der Waals surface area contributed by atoms with Gasteiger partial charge in [0, 0.05) is 17.2 Å². The predicted octanol–water partition coefficient (Wildman–Crippen LogP) is 5.84. The van der Waals surface area contributed by atoms with Gasteiger partial charge in [-0.05, 0) is 58.7 Å². The summed E-state index contributed by atoms with van der Waals surface area (Å²) in [5, 5.41) is 2.86. The zero-order valence-corrected chi connectivity index (χ0v) is 21.2. The molecule has 8 rings (SSSR count). The summed E-state index contributed by atoms with van der Waals surface area (Å²) >= 11 is 4.01. The molecule has 37 heavy (non-hydrogen) atoms. The van der Waals surface area contributed by atoms with Crippen molar-refractivity contribution in [1.82, 2.24) is 0 Å².